The molecule has 1 aliphatic rings. The lowest BCUT2D eigenvalue weighted by molar-refractivity contribution is 0.0371. The van der Waals surface area contributed by atoms with Gasteiger partial charge in [-0.05, 0) is 38.4 Å². The van der Waals surface area contributed by atoms with Crippen LogP contribution in [0.3, 0.4) is 0 Å². The molecule has 0 unspecified atom stereocenters. The fourth-order valence-electron chi connectivity index (χ4n) is 4.05. The molecule has 1 aliphatic heterocycles. The predicted molar refractivity (Wildman–Crippen MR) is 105 cm³/mol. The SMILES string of the molecule is COc1ccc2c3cc(F)nc(C)c3n(CCCCN3CCOCC3)c2c1. The summed E-state index contributed by atoms with van der Waals surface area (Å²) >= 11 is 0. The molecular formula is C21H26FN3O2. The molecule has 0 aliphatic carbocycles. The summed E-state index contributed by atoms with van der Waals surface area (Å²) in [5.74, 6) is 0.383. The van der Waals surface area contributed by atoms with Crippen LogP contribution in [0.25, 0.3) is 21.8 Å². The number of ether oxygens (including phenoxy) is 2. The molecule has 3 heterocycles. The third kappa shape index (κ3) is 3.64. The highest BCUT2D eigenvalue weighted by Gasteiger charge is 2.16. The Balaban J connectivity index is 1.62. The van der Waals surface area contributed by atoms with Crippen molar-refractivity contribution in [3.05, 3.63) is 35.9 Å². The number of hydrogen-bond donors (Lipinski definition) is 0. The fraction of sp³-hybridized carbons (Fsp3) is 0.476. The van der Waals surface area contributed by atoms with Crippen LogP contribution in [0.5, 0.6) is 5.75 Å². The molecule has 0 radical (unpaired) electrons. The molecule has 6 heteroatoms. The Kier molecular flexibility index (Phi) is 5.27. The zero-order valence-electron chi connectivity index (χ0n) is 16.0. The molecule has 144 valence electrons. The third-order valence-electron chi connectivity index (χ3n) is 5.40. The van der Waals surface area contributed by atoms with Crippen molar-refractivity contribution in [3.63, 3.8) is 0 Å². The first kappa shape index (κ1) is 18.2. The molecule has 1 saturated heterocycles. The number of fused-ring (bicyclic) bond motifs is 3. The van der Waals surface area contributed by atoms with Gasteiger partial charge in [-0.3, -0.25) is 4.90 Å². The second kappa shape index (κ2) is 7.82. The van der Waals surface area contributed by atoms with E-state index in [1.54, 1.807) is 13.2 Å². The molecule has 0 bridgehead atoms. The first-order valence-electron chi connectivity index (χ1n) is 9.60. The Hall–Kier alpha value is -2.18. The molecule has 0 spiro atoms. The highest BCUT2D eigenvalue weighted by Crippen LogP contribution is 2.33. The average Bonchev–Trinajstić information content (AvgIpc) is 2.99. The number of nitrogens with zero attached hydrogens (tertiary/aromatic N) is 3. The van der Waals surface area contributed by atoms with Crippen LogP contribution in [0.2, 0.25) is 0 Å². The van der Waals surface area contributed by atoms with Crippen molar-refractivity contribution in [2.45, 2.75) is 26.3 Å². The lowest BCUT2D eigenvalue weighted by Crippen LogP contribution is -2.36. The van der Waals surface area contributed by atoms with Crippen LogP contribution < -0.4 is 4.74 Å². The zero-order chi connectivity index (χ0) is 18.8. The molecule has 1 aromatic carbocycles. The molecule has 4 rings (SSSR count). The first-order chi connectivity index (χ1) is 13.2. The molecule has 0 atom stereocenters. The Bertz CT molecular complexity index is 948. The van der Waals surface area contributed by atoms with Crippen molar-refractivity contribution in [3.8, 4) is 5.75 Å². The molecule has 0 N–H and O–H groups in total. The van der Waals surface area contributed by atoms with Gasteiger partial charge in [0.25, 0.3) is 0 Å². The van der Waals surface area contributed by atoms with E-state index < -0.39 is 5.95 Å². The average molecular weight is 371 g/mol. The monoisotopic (exact) mass is 371 g/mol. The Morgan fingerprint density at radius 2 is 1.89 bits per heavy atom. The van der Waals surface area contributed by atoms with Gasteiger partial charge in [-0.1, -0.05) is 0 Å². The number of pyridine rings is 1. The molecule has 0 amide bonds. The first-order valence-corrected chi connectivity index (χ1v) is 9.60. The Morgan fingerprint density at radius 1 is 1.11 bits per heavy atom. The summed E-state index contributed by atoms with van der Waals surface area (Å²) in [6.45, 7) is 7.57. The van der Waals surface area contributed by atoms with Crippen LogP contribution in [-0.4, -0.2) is 54.4 Å². The van der Waals surface area contributed by atoms with E-state index in [2.05, 4.69) is 14.5 Å². The normalized spacial score (nSPS) is 15.7. The minimum atomic E-state index is -0.429. The van der Waals surface area contributed by atoms with Crippen LogP contribution in [-0.2, 0) is 11.3 Å². The number of halogens is 1. The summed E-state index contributed by atoms with van der Waals surface area (Å²) in [5, 5.41) is 1.97. The van der Waals surface area contributed by atoms with Gasteiger partial charge >= 0.3 is 0 Å². The molecular weight excluding hydrogens is 345 g/mol. The van der Waals surface area contributed by atoms with Crippen molar-refractivity contribution >= 4 is 21.8 Å². The van der Waals surface area contributed by atoms with Gasteiger partial charge in [-0.15, -0.1) is 0 Å². The van der Waals surface area contributed by atoms with E-state index in [-0.39, 0.29) is 0 Å². The second-order valence-corrected chi connectivity index (χ2v) is 7.12. The summed E-state index contributed by atoms with van der Waals surface area (Å²) < 4.78 is 27.0. The molecule has 27 heavy (non-hydrogen) atoms. The highest BCUT2D eigenvalue weighted by atomic mass is 19.1. The van der Waals surface area contributed by atoms with Crippen molar-refractivity contribution in [2.24, 2.45) is 0 Å². The Labute approximate surface area is 158 Å². The highest BCUT2D eigenvalue weighted by molar-refractivity contribution is 6.09. The molecule has 2 aromatic heterocycles. The van der Waals surface area contributed by atoms with Gasteiger partial charge in [0.1, 0.15) is 5.75 Å². The van der Waals surface area contributed by atoms with Gasteiger partial charge in [-0.25, -0.2) is 4.98 Å². The van der Waals surface area contributed by atoms with Crippen LogP contribution in [0.15, 0.2) is 24.3 Å². The van der Waals surface area contributed by atoms with Crippen LogP contribution in [0, 0.1) is 12.9 Å². The second-order valence-electron chi connectivity index (χ2n) is 7.12. The maximum absolute atomic E-state index is 13.9. The van der Waals surface area contributed by atoms with Crippen molar-refractivity contribution in [1.82, 2.24) is 14.5 Å². The van der Waals surface area contributed by atoms with Gasteiger partial charge in [0.05, 0.1) is 37.1 Å². The number of aromatic nitrogens is 2. The summed E-state index contributed by atoms with van der Waals surface area (Å²) in [6.07, 6.45) is 2.18. The fourth-order valence-corrected chi connectivity index (χ4v) is 4.05. The maximum atomic E-state index is 13.9. The van der Waals surface area contributed by atoms with Gasteiger partial charge in [-0.2, -0.15) is 4.39 Å². The lowest BCUT2D eigenvalue weighted by Gasteiger charge is -2.26. The smallest absolute Gasteiger partial charge is 0.213 e. The standard InChI is InChI=1S/C21H26FN3O2/c1-15-21-18(14-20(22)23-15)17-6-5-16(26-2)13-19(17)25(21)8-4-3-7-24-9-11-27-12-10-24/h5-6,13-14H,3-4,7-12H2,1-2H3. The third-order valence-corrected chi connectivity index (χ3v) is 5.40. The van der Waals surface area contributed by atoms with Crippen LogP contribution in [0.1, 0.15) is 18.5 Å². The van der Waals surface area contributed by atoms with E-state index in [0.717, 1.165) is 85.5 Å². The van der Waals surface area contributed by atoms with Crippen LogP contribution in [0.4, 0.5) is 4.39 Å². The summed E-state index contributed by atoms with van der Waals surface area (Å²) in [5.41, 5.74) is 2.82. The number of hydrogen-bond acceptors (Lipinski definition) is 4. The van der Waals surface area contributed by atoms with Crippen molar-refractivity contribution in [1.29, 1.82) is 0 Å². The van der Waals surface area contributed by atoms with Crippen molar-refractivity contribution < 1.29 is 13.9 Å². The molecule has 0 saturated carbocycles. The van der Waals surface area contributed by atoms with E-state index in [0.29, 0.717) is 0 Å². The van der Waals surface area contributed by atoms with E-state index in [4.69, 9.17) is 9.47 Å². The summed E-state index contributed by atoms with van der Waals surface area (Å²) in [7, 11) is 1.67. The van der Waals surface area contributed by atoms with Gasteiger partial charge < -0.3 is 14.0 Å². The number of methoxy groups -OCH3 is 1. The van der Waals surface area contributed by atoms with Crippen LogP contribution >= 0.6 is 0 Å². The largest absolute Gasteiger partial charge is 0.497 e. The van der Waals surface area contributed by atoms with Crippen molar-refractivity contribution in [2.75, 3.05) is 40.0 Å². The summed E-state index contributed by atoms with van der Waals surface area (Å²) in [4.78, 5) is 6.52. The van der Waals surface area contributed by atoms with E-state index >= 15 is 0 Å². The molecule has 5 nitrogen and oxygen atoms in total. The molecule has 1 fully saturated rings. The van der Waals surface area contributed by atoms with Gasteiger partial charge in [0.2, 0.25) is 5.95 Å². The minimum Gasteiger partial charge on any atom is -0.497 e. The number of morpholine rings is 1. The number of unbranched alkanes of at least 4 members (excludes halogenated alkanes) is 1. The number of aryl methyl sites for hydroxylation is 2. The predicted octanol–water partition coefficient (Wildman–Crippen LogP) is 3.76. The van der Waals surface area contributed by atoms with Gasteiger partial charge in [0, 0.05) is 42.5 Å². The Morgan fingerprint density at radius 3 is 2.67 bits per heavy atom. The van der Waals surface area contributed by atoms with Gasteiger partial charge in [0.15, 0.2) is 0 Å². The minimum absolute atomic E-state index is 0.429. The number of benzene rings is 1. The van der Waals surface area contributed by atoms with E-state index in [9.17, 15) is 4.39 Å². The topological polar surface area (TPSA) is 39.5 Å². The zero-order valence-corrected chi connectivity index (χ0v) is 16.0. The quantitative estimate of drug-likeness (QED) is 0.489. The number of rotatable bonds is 6. The summed E-state index contributed by atoms with van der Waals surface area (Å²) in [6, 6.07) is 7.52. The lowest BCUT2D eigenvalue weighted by atomic mass is 10.1. The maximum Gasteiger partial charge on any atom is 0.213 e. The van der Waals surface area contributed by atoms with E-state index in [1.807, 2.05) is 25.1 Å². The van der Waals surface area contributed by atoms with E-state index in [1.165, 1.54) is 0 Å². The molecule has 3 aromatic rings.